The molecule has 2 aromatic heterocycles. The Morgan fingerprint density at radius 2 is 2.43 bits per heavy atom. The van der Waals surface area contributed by atoms with E-state index in [1.54, 1.807) is 24.1 Å². The maximum absolute atomic E-state index is 10.7. The maximum atomic E-state index is 10.7. The molecule has 0 aliphatic rings. The van der Waals surface area contributed by atoms with E-state index >= 15 is 0 Å². The summed E-state index contributed by atoms with van der Waals surface area (Å²) in [5, 5.41) is 16.1. The van der Waals surface area contributed by atoms with Crippen LogP contribution in [-0.2, 0) is 7.05 Å². The summed E-state index contributed by atoms with van der Waals surface area (Å²) in [5.74, 6) is -1.11. The normalized spacial score (nSPS) is 10.4. The highest BCUT2D eigenvalue weighted by atomic mass is 16.5. The molecule has 0 spiro atoms. The summed E-state index contributed by atoms with van der Waals surface area (Å²) < 4.78 is 6.18. The Bertz CT molecular complexity index is 472. The zero-order valence-electron chi connectivity index (χ0n) is 7.34. The molecule has 0 atom stereocenters. The van der Waals surface area contributed by atoms with Gasteiger partial charge < -0.3 is 9.63 Å². The summed E-state index contributed by atoms with van der Waals surface area (Å²) >= 11 is 0. The molecule has 0 fully saturated rings. The second-order valence-electron chi connectivity index (χ2n) is 2.78. The van der Waals surface area contributed by atoms with Crippen LogP contribution < -0.4 is 0 Å². The van der Waals surface area contributed by atoms with E-state index in [4.69, 9.17) is 5.11 Å². The number of rotatable bonds is 2. The molecule has 2 heterocycles. The van der Waals surface area contributed by atoms with Gasteiger partial charge in [-0.05, 0) is 0 Å². The minimum Gasteiger partial charge on any atom is -0.476 e. The van der Waals surface area contributed by atoms with Crippen molar-refractivity contribution in [3.05, 3.63) is 24.4 Å². The zero-order chi connectivity index (χ0) is 10.1. The number of hydrogen-bond acceptors (Lipinski definition) is 4. The van der Waals surface area contributed by atoms with Crippen molar-refractivity contribution < 1.29 is 14.4 Å². The van der Waals surface area contributed by atoms with Crippen LogP contribution >= 0.6 is 0 Å². The third kappa shape index (κ3) is 1.26. The minimum atomic E-state index is -1.11. The molecule has 0 saturated carbocycles. The van der Waals surface area contributed by atoms with Crippen molar-refractivity contribution >= 4 is 5.97 Å². The summed E-state index contributed by atoms with van der Waals surface area (Å²) in [6, 6.07) is 0. The summed E-state index contributed by atoms with van der Waals surface area (Å²) in [6.45, 7) is 0. The summed E-state index contributed by atoms with van der Waals surface area (Å²) in [7, 11) is 1.75. The van der Waals surface area contributed by atoms with E-state index in [2.05, 4.69) is 14.8 Å². The number of nitrogens with zero attached hydrogens (tertiary/aromatic N) is 3. The first kappa shape index (κ1) is 8.49. The van der Waals surface area contributed by atoms with Crippen LogP contribution in [0.4, 0.5) is 0 Å². The lowest BCUT2D eigenvalue weighted by atomic mass is 10.1. The average Bonchev–Trinajstić information content (AvgIpc) is 2.70. The smallest absolute Gasteiger partial charge is 0.358 e. The minimum absolute atomic E-state index is 0.0991. The van der Waals surface area contributed by atoms with E-state index < -0.39 is 5.97 Å². The van der Waals surface area contributed by atoms with E-state index in [0.29, 0.717) is 11.1 Å². The first-order valence-corrected chi connectivity index (χ1v) is 3.85. The highest BCUT2D eigenvalue weighted by molar-refractivity contribution is 5.93. The van der Waals surface area contributed by atoms with Gasteiger partial charge in [-0.3, -0.25) is 4.68 Å². The zero-order valence-corrected chi connectivity index (χ0v) is 7.34. The largest absolute Gasteiger partial charge is 0.476 e. The molecule has 0 radical (unpaired) electrons. The number of aromatic nitrogens is 3. The van der Waals surface area contributed by atoms with Gasteiger partial charge in [0.25, 0.3) is 0 Å². The third-order valence-corrected chi connectivity index (χ3v) is 1.79. The molecule has 72 valence electrons. The lowest BCUT2D eigenvalue weighted by Gasteiger charge is -1.90. The van der Waals surface area contributed by atoms with Gasteiger partial charge in [0.05, 0.1) is 11.8 Å². The van der Waals surface area contributed by atoms with Gasteiger partial charge >= 0.3 is 5.97 Å². The summed E-state index contributed by atoms with van der Waals surface area (Å²) in [4.78, 5) is 10.7. The predicted octanol–water partition coefficient (Wildman–Crippen LogP) is 0.773. The molecule has 6 heteroatoms. The number of hydrogen-bond donors (Lipinski definition) is 1. The molecular formula is C8H7N3O3. The number of carboxylic acid groups (broad SMARTS) is 1. The van der Waals surface area contributed by atoms with Crippen LogP contribution in [0.3, 0.4) is 0 Å². The molecule has 0 aromatic carbocycles. The van der Waals surface area contributed by atoms with Crippen LogP contribution in [0.15, 0.2) is 23.2 Å². The van der Waals surface area contributed by atoms with Crippen LogP contribution in [0, 0.1) is 0 Å². The van der Waals surface area contributed by atoms with Crippen LogP contribution in [0.25, 0.3) is 11.1 Å². The lowest BCUT2D eigenvalue weighted by molar-refractivity contribution is 0.0686. The number of carbonyl (C=O) groups is 1. The Balaban J connectivity index is 2.51. The number of aromatic carboxylic acids is 1. The van der Waals surface area contributed by atoms with Crippen molar-refractivity contribution in [3.8, 4) is 11.1 Å². The van der Waals surface area contributed by atoms with Crippen molar-refractivity contribution in [3.63, 3.8) is 0 Å². The van der Waals surface area contributed by atoms with Crippen LogP contribution in [0.2, 0.25) is 0 Å². The highest BCUT2D eigenvalue weighted by Crippen LogP contribution is 2.21. The Morgan fingerprint density at radius 1 is 1.64 bits per heavy atom. The van der Waals surface area contributed by atoms with Crippen molar-refractivity contribution in [2.24, 2.45) is 7.05 Å². The van der Waals surface area contributed by atoms with Gasteiger partial charge in [0, 0.05) is 18.8 Å². The molecule has 0 bridgehead atoms. The molecule has 0 unspecified atom stereocenters. The monoisotopic (exact) mass is 193 g/mol. The van der Waals surface area contributed by atoms with Gasteiger partial charge in [-0.2, -0.15) is 5.10 Å². The fourth-order valence-corrected chi connectivity index (χ4v) is 1.16. The molecule has 2 aromatic rings. The van der Waals surface area contributed by atoms with Crippen molar-refractivity contribution in [1.29, 1.82) is 0 Å². The van der Waals surface area contributed by atoms with E-state index in [9.17, 15) is 4.79 Å². The second-order valence-corrected chi connectivity index (χ2v) is 2.78. The Labute approximate surface area is 78.7 Å². The van der Waals surface area contributed by atoms with Gasteiger partial charge in [0.1, 0.15) is 6.26 Å². The fourth-order valence-electron chi connectivity index (χ4n) is 1.16. The van der Waals surface area contributed by atoms with E-state index in [1.807, 2.05) is 0 Å². The van der Waals surface area contributed by atoms with Crippen molar-refractivity contribution in [1.82, 2.24) is 14.9 Å². The molecule has 1 N–H and O–H groups in total. The quantitative estimate of drug-likeness (QED) is 0.761. The summed E-state index contributed by atoms with van der Waals surface area (Å²) in [5.41, 5.74) is 1.01. The molecule has 14 heavy (non-hydrogen) atoms. The number of carboxylic acids is 1. The van der Waals surface area contributed by atoms with Crippen LogP contribution in [0.5, 0.6) is 0 Å². The molecule has 0 amide bonds. The fraction of sp³-hybridized carbons (Fsp3) is 0.125. The second kappa shape index (κ2) is 2.99. The molecule has 0 aliphatic heterocycles. The number of aryl methyl sites for hydroxylation is 1. The average molecular weight is 193 g/mol. The molecule has 0 aliphatic carbocycles. The highest BCUT2D eigenvalue weighted by Gasteiger charge is 2.17. The van der Waals surface area contributed by atoms with Crippen molar-refractivity contribution in [2.45, 2.75) is 0 Å². The maximum Gasteiger partial charge on any atom is 0.358 e. The standard InChI is InChI=1S/C8H7N3O3/c1-11-3-5(2-9-11)6-4-14-10-7(6)8(12)13/h2-4H,1H3,(H,12,13). The Hall–Kier alpha value is -2.11. The van der Waals surface area contributed by atoms with E-state index in [1.165, 1.54) is 6.26 Å². The Kier molecular flexibility index (Phi) is 1.81. The Morgan fingerprint density at radius 3 is 3.00 bits per heavy atom. The lowest BCUT2D eigenvalue weighted by Crippen LogP contribution is -1.98. The van der Waals surface area contributed by atoms with Crippen LogP contribution in [-0.4, -0.2) is 26.0 Å². The van der Waals surface area contributed by atoms with Gasteiger partial charge in [-0.1, -0.05) is 5.16 Å². The van der Waals surface area contributed by atoms with Gasteiger partial charge in [0.15, 0.2) is 5.69 Å². The van der Waals surface area contributed by atoms with E-state index in [-0.39, 0.29) is 5.69 Å². The SMILES string of the molecule is Cn1cc(-c2conc2C(=O)O)cn1. The van der Waals surface area contributed by atoms with Gasteiger partial charge in [-0.25, -0.2) is 4.79 Å². The first-order chi connectivity index (χ1) is 6.68. The van der Waals surface area contributed by atoms with E-state index in [0.717, 1.165) is 0 Å². The molecular weight excluding hydrogens is 186 g/mol. The molecule has 0 saturated heterocycles. The van der Waals surface area contributed by atoms with Gasteiger partial charge in [0.2, 0.25) is 0 Å². The predicted molar refractivity (Wildman–Crippen MR) is 45.7 cm³/mol. The molecule has 6 nitrogen and oxygen atoms in total. The molecule has 2 rings (SSSR count). The van der Waals surface area contributed by atoms with Crippen LogP contribution in [0.1, 0.15) is 10.5 Å². The van der Waals surface area contributed by atoms with Gasteiger partial charge in [-0.15, -0.1) is 0 Å². The third-order valence-electron chi connectivity index (χ3n) is 1.79. The topological polar surface area (TPSA) is 81.2 Å². The first-order valence-electron chi connectivity index (χ1n) is 3.85. The summed E-state index contributed by atoms with van der Waals surface area (Å²) in [6.07, 6.45) is 4.54. The van der Waals surface area contributed by atoms with Crippen molar-refractivity contribution in [2.75, 3.05) is 0 Å².